The molecule has 1 saturated carbocycles. The number of nitrogens with zero attached hydrogens (tertiary/aromatic N) is 1. The smallest absolute Gasteiger partial charge is 0.243 e. The molecule has 1 atom stereocenters. The highest BCUT2D eigenvalue weighted by Crippen LogP contribution is 2.26. The topological polar surface area (TPSA) is 49.4 Å². The van der Waals surface area contributed by atoms with Crippen LogP contribution in [0.15, 0.2) is 42.5 Å². The van der Waals surface area contributed by atoms with Crippen LogP contribution < -0.4 is 5.32 Å². The van der Waals surface area contributed by atoms with E-state index in [1.165, 1.54) is 6.42 Å². The SMILES string of the molecule is CCC(C(=O)NC1CCCCC1)N(Cc1ccc(Cl)cc1)C(=O)Cc1c(Cl)cccc1Cl. The zero-order valence-corrected chi connectivity index (χ0v) is 20.5. The van der Waals surface area contributed by atoms with Gasteiger partial charge < -0.3 is 10.2 Å². The Hall–Kier alpha value is -1.75. The van der Waals surface area contributed by atoms with Crippen molar-refractivity contribution in [2.75, 3.05) is 0 Å². The zero-order valence-electron chi connectivity index (χ0n) is 18.3. The molecule has 4 nitrogen and oxygen atoms in total. The summed E-state index contributed by atoms with van der Waals surface area (Å²) in [6.07, 6.45) is 5.97. The van der Waals surface area contributed by atoms with Gasteiger partial charge in [-0.1, -0.05) is 79.2 Å². The minimum absolute atomic E-state index is 0.0271. The van der Waals surface area contributed by atoms with Crippen LogP contribution in [-0.2, 0) is 22.6 Å². The quantitative estimate of drug-likeness (QED) is 0.458. The summed E-state index contributed by atoms with van der Waals surface area (Å²) in [5.41, 5.74) is 1.47. The van der Waals surface area contributed by atoms with Crippen molar-refractivity contribution < 1.29 is 9.59 Å². The molecule has 2 aromatic rings. The Labute approximate surface area is 205 Å². The van der Waals surface area contributed by atoms with Crippen LogP contribution in [0.25, 0.3) is 0 Å². The van der Waals surface area contributed by atoms with Gasteiger partial charge in [-0.15, -0.1) is 0 Å². The summed E-state index contributed by atoms with van der Waals surface area (Å²) in [6.45, 7) is 2.23. The summed E-state index contributed by atoms with van der Waals surface area (Å²) < 4.78 is 0. The van der Waals surface area contributed by atoms with E-state index >= 15 is 0 Å². The fourth-order valence-electron chi connectivity index (χ4n) is 4.20. The van der Waals surface area contributed by atoms with Gasteiger partial charge in [0, 0.05) is 27.7 Å². The lowest BCUT2D eigenvalue weighted by molar-refractivity contribution is -0.141. The summed E-state index contributed by atoms with van der Waals surface area (Å²) in [4.78, 5) is 28.4. The molecule has 0 radical (unpaired) electrons. The Morgan fingerprint density at radius 2 is 1.62 bits per heavy atom. The molecule has 0 aromatic heterocycles. The summed E-state index contributed by atoms with van der Waals surface area (Å²) in [5.74, 6) is -0.299. The molecule has 1 fully saturated rings. The maximum absolute atomic E-state index is 13.5. The van der Waals surface area contributed by atoms with Gasteiger partial charge in [-0.3, -0.25) is 9.59 Å². The van der Waals surface area contributed by atoms with Crippen molar-refractivity contribution in [2.24, 2.45) is 0 Å². The van der Waals surface area contributed by atoms with E-state index in [9.17, 15) is 9.59 Å². The van der Waals surface area contributed by atoms with Gasteiger partial charge in [0.15, 0.2) is 0 Å². The monoisotopic (exact) mass is 494 g/mol. The Morgan fingerprint density at radius 1 is 1.00 bits per heavy atom. The molecule has 32 heavy (non-hydrogen) atoms. The molecule has 3 rings (SSSR count). The Morgan fingerprint density at radius 3 is 2.22 bits per heavy atom. The molecule has 7 heteroatoms. The zero-order chi connectivity index (χ0) is 23.1. The first kappa shape index (κ1) is 24.9. The van der Waals surface area contributed by atoms with Crippen LogP contribution in [0.3, 0.4) is 0 Å². The van der Waals surface area contributed by atoms with E-state index in [1.807, 2.05) is 19.1 Å². The number of carbonyl (C=O) groups is 2. The second-order valence-electron chi connectivity index (χ2n) is 8.29. The highest BCUT2D eigenvalue weighted by atomic mass is 35.5. The fourth-order valence-corrected chi connectivity index (χ4v) is 4.86. The van der Waals surface area contributed by atoms with Gasteiger partial charge >= 0.3 is 0 Å². The number of hydrogen-bond donors (Lipinski definition) is 1. The van der Waals surface area contributed by atoms with Crippen LogP contribution in [0.1, 0.15) is 56.6 Å². The fraction of sp³-hybridized carbons (Fsp3) is 0.440. The molecule has 0 bridgehead atoms. The number of benzene rings is 2. The van der Waals surface area contributed by atoms with Crippen LogP contribution >= 0.6 is 34.8 Å². The normalized spacial score (nSPS) is 15.2. The molecule has 2 aromatic carbocycles. The minimum atomic E-state index is -0.582. The molecule has 0 heterocycles. The van der Waals surface area contributed by atoms with E-state index in [2.05, 4.69) is 5.32 Å². The lowest BCUT2D eigenvalue weighted by atomic mass is 9.95. The average molecular weight is 496 g/mol. The molecule has 0 saturated heterocycles. The van der Waals surface area contributed by atoms with E-state index in [0.29, 0.717) is 33.6 Å². The van der Waals surface area contributed by atoms with E-state index in [4.69, 9.17) is 34.8 Å². The van der Waals surface area contributed by atoms with Gasteiger partial charge in [0.05, 0.1) is 6.42 Å². The molecule has 0 aliphatic heterocycles. The lowest BCUT2D eigenvalue weighted by Gasteiger charge is -2.33. The first-order valence-corrected chi connectivity index (χ1v) is 12.3. The second-order valence-corrected chi connectivity index (χ2v) is 9.54. The van der Waals surface area contributed by atoms with E-state index in [-0.39, 0.29) is 24.3 Å². The second kappa shape index (κ2) is 11.9. The number of rotatable bonds is 8. The van der Waals surface area contributed by atoms with E-state index < -0.39 is 6.04 Å². The number of carbonyl (C=O) groups excluding carboxylic acids is 2. The maximum atomic E-state index is 13.5. The first-order valence-electron chi connectivity index (χ1n) is 11.2. The minimum Gasteiger partial charge on any atom is -0.352 e. The summed E-state index contributed by atoms with van der Waals surface area (Å²) in [5, 5.41) is 4.69. The van der Waals surface area contributed by atoms with Gasteiger partial charge in [0.25, 0.3) is 0 Å². The third-order valence-electron chi connectivity index (χ3n) is 5.99. The molecular formula is C25H29Cl3N2O2. The predicted molar refractivity (Wildman–Crippen MR) is 131 cm³/mol. The van der Waals surface area contributed by atoms with Gasteiger partial charge in [0.2, 0.25) is 11.8 Å². The highest BCUT2D eigenvalue weighted by molar-refractivity contribution is 6.36. The largest absolute Gasteiger partial charge is 0.352 e. The Balaban J connectivity index is 1.84. The van der Waals surface area contributed by atoms with Gasteiger partial charge in [-0.05, 0) is 54.7 Å². The molecule has 2 amide bonds. The van der Waals surface area contributed by atoms with E-state index in [0.717, 1.165) is 31.2 Å². The number of amides is 2. The Bertz CT molecular complexity index is 907. The van der Waals surface area contributed by atoms with Crippen LogP contribution in [0.5, 0.6) is 0 Å². The predicted octanol–water partition coefficient (Wildman–Crippen LogP) is 6.45. The molecule has 1 aliphatic rings. The lowest BCUT2D eigenvalue weighted by Crippen LogP contribution is -2.52. The third-order valence-corrected chi connectivity index (χ3v) is 6.95. The van der Waals surface area contributed by atoms with Crippen LogP contribution in [-0.4, -0.2) is 28.8 Å². The van der Waals surface area contributed by atoms with Crippen molar-refractivity contribution in [2.45, 2.75) is 70.5 Å². The summed E-state index contributed by atoms with van der Waals surface area (Å²) in [7, 11) is 0. The standard InChI is InChI=1S/C25H29Cl3N2O2/c1-2-23(25(32)29-19-7-4-3-5-8-19)30(16-17-11-13-18(26)14-12-17)24(31)15-20-21(27)9-6-10-22(20)28/h6,9-14,19,23H,2-5,7-8,15-16H2,1H3,(H,29,32). The number of nitrogens with one attached hydrogen (secondary N) is 1. The van der Waals surface area contributed by atoms with Crippen LogP contribution in [0.4, 0.5) is 0 Å². The van der Waals surface area contributed by atoms with Crippen molar-refractivity contribution in [3.63, 3.8) is 0 Å². The summed E-state index contributed by atoms with van der Waals surface area (Å²) in [6, 6.07) is 12.1. The first-order chi connectivity index (χ1) is 15.4. The maximum Gasteiger partial charge on any atom is 0.243 e. The average Bonchev–Trinajstić information content (AvgIpc) is 2.78. The van der Waals surface area contributed by atoms with Crippen molar-refractivity contribution >= 4 is 46.6 Å². The van der Waals surface area contributed by atoms with Gasteiger partial charge in [-0.25, -0.2) is 0 Å². The van der Waals surface area contributed by atoms with Crippen molar-refractivity contribution in [1.82, 2.24) is 10.2 Å². The van der Waals surface area contributed by atoms with Gasteiger partial charge in [-0.2, -0.15) is 0 Å². The van der Waals surface area contributed by atoms with Crippen LogP contribution in [0, 0.1) is 0 Å². The Kier molecular flexibility index (Phi) is 9.27. The van der Waals surface area contributed by atoms with E-state index in [1.54, 1.807) is 35.2 Å². The van der Waals surface area contributed by atoms with Crippen molar-refractivity contribution in [1.29, 1.82) is 0 Å². The van der Waals surface area contributed by atoms with Gasteiger partial charge in [0.1, 0.15) is 6.04 Å². The molecule has 1 aliphatic carbocycles. The summed E-state index contributed by atoms with van der Waals surface area (Å²) >= 11 is 18.7. The molecular weight excluding hydrogens is 467 g/mol. The highest BCUT2D eigenvalue weighted by Gasteiger charge is 2.31. The van der Waals surface area contributed by atoms with Crippen LogP contribution in [0.2, 0.25) is 15.1 Å². The molecule has 1 N–H and O–H groups in total. The van der Waals surface area contributed by atoms with Crippen molar-refractivity contribution in [3.05, 3.63) is 68.7 Å². The molecule has 1 unspecified atom stereocenters. The van der Waals surface area contributed by atoms with Crippen molar-refractivity contribution in [3.8, 4) is 0 Å². The number of hydrogen-bond acceptors (Lipinski definition) is 2. The number of halogens is 3. The molecule has 0 spiro atoms. The molecule has 172 valence electrons. The third kappa shape index (κ3) is 6.63.